The largest absolute Gasteiger partial charge is 0.335 e. The lowest BCUT2D eigenvalue weighted by Gasteiger charge is -2.17. The maximum absolute atomic E-state index is 14.5. The molecule has 0 amide bonds. The van der Waals surface area contributed by atoms with Gasteiger partial charge in [0.2, 0.25) is 5.78 Å². The minimum atomic E-state index is -3.53. The fourth-order valence-corrected chi connectivity index (χ4v) is 2.56. The fraction of sp³-hybridized carbons (Fsp3) is 0.105. The van der Waals surface area contributed by atoms with Crippen molar-refractivity contribution in [3.05, 3.63) is 83.4 Å². The average Bonchev–Trinajstić information content (AvgIpc) is 2.54. The van der Waals surface area contributed by atoms with Gasteiger partial charge in [-0.25, -0.2) is 0 Å². The van der Waals surface area contributed by atoms with Crippen molar-refractivity contribution in [2.45, 2.75) is 12.8 Å². The fourth-order valence-electron chi connectivity index (χ4n) is 2.56. The van der Waals surface area contributed by atoms with Crippen molar-refractivity contribution >= 4 is 16.6 Å². The second kappa shape index (κ2) is 5.34. The molecule has 22 heavy (non-hydrogen) atoms. The van der Waals surface area contributed by atoms with E-state index in [9.17, 15) is 13.6 Å². The number of aryl methyl sites for hydroxylation is 1. The van der Waals surface area contributed by atoms with Crippen molar-refractivity contribution < 1.29 is 13.6 Å². The summed E-state index contributed by atoms with van der Waals surface area (Å²) >= 11 is 0. The van der Waals surface area contributed by atoms with Gasteiger partial charge in [-0.2, -0.15) is 8.78 Å². The molecule has 0 fully saturated rings. The van der Waals surface area contributed by atoms with Crippen LogP contribution in [0.15, 0.2) is 66.7 Å². The van der Waals surface area contributed by atoms with E-state index in [1.807, 2.05) is 18.2 Å². The monoisotopic (exact) mass is 296 g/mol. The Bertz CT molecular complexity index is 853. The van der Waals surface area contributed by atoms with Crippen LogP contribution in [-0.2, 0) is 5.92 Å². The lowest BCUT2D eigenvalue weighted by Crippen LogP contribution is -2.27. The van der Waals surface area contributed by atoms with Crippen molar-refractivity contribution in [1.82, 2.24) is 0 Å². The highest BCUT2D eigenvalue weighted by atomic mass is 19.3. The van der Waals surface area contributed by atoms with E-state index in [-0.39, 0.29) is 11.1 Å². The molecular weight excluding hydrogens is 282 g/mol. The molecule has 0 aliphatic rings. The van der Waals surface area contributed by atoms with E-state index in [1.54, 1.807) is 31.2 Å². The van der Waals surface area contributed by atoms with Crippen LogP contribution in [0.3, 0.4) is 0 Å². The van der Waals surface area contributed by atoms with Crippen molar-refractivity contribution in [3.63, 3.8) is 0 Å². The molecule has 110 valence electrons. The Hall–Kier alpha value is -2.55. The third-order valence-electron chi connectivity index (χ3n) is 3.78. The van der Waals surface area contributed by atoms with Crippen LogP contribution in [0.2, 0.25) is 0 Å². The van der Waals surface area contributed by atoms with E-state index in [2.05, 4.69) is 0 Å². The number of hydrogen-bond donors (Lipinski definition) is 0. The molecule has 0 heterocycles. The molecule has 0 N–H and O–H groups in total. The normalized spacial score (nSPS) is 11.6. The Morgan fingerprint density at radius 1 is 0.864 bits per heavy atom. The number of Topliss-reactive ketones (excluding diaryl/α,β-unsaturated/α-hetero) is 1. The van der Waals surface area contributed by atoms with Crippen LogP contribution in [0, 0.1) is 6.92 Å². The van der Waals surface area contributed by atoms with Gasteiger partial charge in [-0.05, 0) is 29.3 Å². The number of halogens is 2. The summed E-state index contributed by atoms with van der Waals surface area (Å²) in [6.45, 7) is 1.58. The van der Waals surface area contributed by atoms with Gasteiger partial charge in [-0.1, -0.05) is 60.7 Å². The molecule has 0 aliphatic heterocycles. The smallest absolute Gasteiger partial charge is 0.287 e. The molecule has 0 aromatic heterocycles. The van der Waals surface area contributed by atoms with Gasteiger partial charge in [-0.3, -0.25) is 4.79 Å². The van der Waals surface area contributed by atoms with E-state index in [4.69, 9.17) is 0 Å². The standard InChI is InChI=1S/C19H14F2O/c1-13-6-2-5-9-17(13)19(20,21)18(22)16-11-10-14-7-3-4-8-15(14)12-16/h2-12H,1H3. The number of ketones is 1. The highest BCUT2D eigenvalue weighted by Gasteiger charge is 2.42. The van der Waals surface area contributed by atoms with Gasteiger partial charge in [0.1, 0.15) is 0 Å². The Balaban J connectivity index is 2.06. The molecule has 3 rings (SSSR count). The molecule has 1 nitrogen and oxygen atoms in total. The molecule has 0 aliphatic carbocycles. The van der Waals surface area contributed by atoms with Crippen LogP contribution in [0.4, 0.5) is 8.78 Å². The lowest BCUT2D eigenvalue weighted by molar-refractivity contribution is 0.00705. The molecule has 3 aromatic rings. The van der Waals surface area contributed by atoms with Crippen LogP contribution in [0.25, 0.3) is 10.8 Å². The van der Waals surface area contributed by atoms with Crippen molar-refractivity contribution in [3.8, 4) is 0 Å². The summed E-state index contributed by atoms with van der Waals surface area (Å²) in [5.74, 6) is -4.71. The number of alkyl halides is 2. The molecule has 0 bridgehead atoms. The Labute approximate surface area is 127 Å². The van der Waals surface area contributed by atoms with Crippen molar-refractivity contribution in [1.29, 1.82) is 0 Å². The Morgan fingerprint density at radius 3 is 2.23 bits per heavy atom. The van der Waals surface area contributed by atoms with Crippen LogP contribution < -0.4 is 0 Å². The van der Waals surface area contributed by atoms with E-state index < -0.39 is 11.7 Å². The van der Waals surface area contributed by atoms with Crippen molar-refractivity contribution in [2.24, 2.45) is 0 Å². The molecule has 0 unspecified atom stereocenters. The quantitative estimate of drug-likeness (QED) is 0.613. The molecule has 0 spiro atoms. The first-order valence-corrected chi connectivity index (χ1v) is 6.97. The molecule has 0 atom stereocenters. The summed E-state index contributed by atoms with van der Waals surface area (Å²) in [7, 11) is 0. The number of benzene rings is 3. The van der Waals surface area contributed by atoms with E-state index in [0.717, 1.165) is 10.8 Å². The Kier molecular flexibility index (Phi) is 3.49. The molecule has 0 radical (unpaired) electrons. The number of carbonyl (C=O) groups is 1. The maximum atomic E-state index is 14.5. The zero-order chi connectivity index (χ0) is 15.7. The second-order valence-electron chi connectivity index (χ2n) is 5.28. The molecule has 3 heteroatoms. The first-order valence-electron chi connectivity index (χ1n) is 6.97. The Morgan fingerprint density at radius 2 is 1.50 bits per heavy atom. The summed E-state index contributed by atoms with van der Waals surface area (Å²) in [6.07, 6.45) is 0. The minimum absolute atomic E-state index is 0.0203. The molecule has 0 saturated carbocycles. The highest BCUT2D eigenvalue weighted by molar-refractivity contribution is 6.04. The number of hydrogen-bond acceptors (Lipinski definition) is 1. The van der Waals surface area contributed by atoms with E-state index in [1.165, 1.54) is 24.3 Å². The molecule has 0 saturated heterocycles. The van der Waals surface area contributed by atoms with Gasteiger partial charge >= 0.3 is 5.92 Å². The SMILES string of the molecule is Cc1ccccc1C(F)(F)C(=O)c1ccc2ccccc2c1. The summed E-state index contributed by atoms with van der Waals surface area (Å²) in [6, 6.07) is 18.1. The zero-order valence-corrected chi connectivity index (χ0v) is 12.0. The van der Waals surface area contributed by atoms with Gasteiger partial charge in [0.25, 0.3) is 0 Å². The number of carbonyl (C=O) groups excluding carboxylic acids is 1. The third kappa shape index (κ3) is 2.39. The van der Waals surface area contributed by atoms with Gasteiger partial charge in [-0.15, -0.1) is 0 Å². The van der Waals surface area contributed by atoms with Gasteiger partial charge in [0.05, 0.1) is 0 Å². The van der Waals surface area contributed by atoms with Crippen LogP contribution in [0.5, 0.6) is 0 Å². The average molecular weight is 296 g/mol. The summed E-state index contributed by atoms with van der Waals surface area (Å²) in [4.78, 5) is 12.3. The second-order valence-corrected chi connectivity index (χ2v) is 5.28. The maximum Gasteiger partial charge on any atom is 0.335 e. The van der Waals surface area contributed by atoms with E-state index in [0.29, 0.717) is 5.56 Å². The van der Waals surface area contributed by atoms with E-state index >= 15 is 0 Å². The predicted octanol–water partition coefficient (Wildman–Crippen LogP) is 5.12. The summed E-state index contributed by atoms with van der Waals surface area (Å²) in [5, 5.41) is 1.69. The lowest BCUT2D eigenvalue weighted by atomic mass is 9.94. The van der Waals surface area contributed by atoms with Gasteiger partial charge in [0.15, 0.2) is 0 Å². The molecular formula is C19H14F2O. The predicted molar refractivity (Wildman–Crippen MR) is 83.4 cm³/mol. The van der Waals surface area contributed by atoms with Crippen LogP contribution in [0.1, 0.15) is 21.5 Å². The highest BCUT2D eigenvalue weighted by Crippen LogP contribution is 2.34. The number of rotatable bonds is 3. The molecule has 3 aromatic carbocycles. The van der Waals surface area contributed by atoms with Crippen LogP contribution >= 0.6 is 0 Å². The van der Waals surface area contributed by atoms with Gasteiger partial charge < -0.3 is 0 Å². The van der Waals surface area contributed by atoms with Crippen molar-refractivity contribution in [2.75, 3.05) is 0 Å². The number of fused-ring (bicyclic) bond motifs is 1. The first kappa shape index (κ1) is 14.4. The minimum Gasteiger partial charge on any atom is -0.287 e. The third-order valence-corrected chi connectivity index (χ3v) is 3.78. The summed E-state index contributed by atoms with van der Waals surface area (Å²) < 4.78 is 29.1. The zero-order valence-electron chi connectivity index (χ0n) is 12.0. The summed E-state index contributed by atoms with van der Waals surface area (Å²) in [5.41, 5.74) is 0.182. The topological polar surface area (TPSA) is 17.1 Å². The first-order chi connectivity index (χ1) is 10.5. The van der Waals surface area contributed by atoms with Gasteiger partial charge in [0, 0.05) is 11.1 Å². The van der Waals surface area contributed by atoms with Crippen LogP contribution in [-0.4, -0.2) is 5.78 Å².